The van der Waals surface area contributed by atoms with Crippen molar-refractivity contribution in [1.29, 1.82) is 0 Å². The van der Waals surface area contributed by atoms with Crippen LogP contribution in [0.1, 0.15) is 42.5 Å². The summed E-state index contributed by atoms with van der Waals surface area (Å²) < 4.78 is 15.8. The number of carbonyl (C=O) groups is 1. The minimum absolute atomic E-state index is 0.151. The predicted molar refractivity (Wildman–Crippen MR) is 92.9 cm³/mol. The van der Waals surface area contributed by atoms with Crippen molar-refractivity contribution in [3.8, 4) is 22.8 Å². The van der Waals surface area contributed by atoms with Crippen LogP contribution in [-0.2, 0) is 0 Å². The standard InChI is InChI=1S/C18H24N2O5/c1-6-9-20(3)18(22)15-16(19-25-17(15)11(2)21)12-7-8-13(23-4)14(10-12)24-5/h7-8,10-11,21H,6,9H2,1-5H3. The molecule has 0 saturated heterocycles. The Morgan fingerprint density at radius 2 is 2.00 bits per heavy atom. The van der Waals surface area contributed by atoms with Gasteiger partial charge in [0.1, 0.15) is 17.4 Å². The molecule has 7 heteroatoms. The molecule has 1 aromatic carbocycles. The van der Waals surface area contributed by atoms with E-state index in [4.69, 9.17) is 14.0 Å². The molecule has 0 saturated carbocycles. The number of aliphatic hydroxyl groups excluding tert-OH is 1. The van der Waals surface area contributed by atoms with E-state index < -0.39 is 6.10 Å². The van der Waals surface area contributed by atoms with E-state index in [0.717, 1.165) is 6.42 Å². The van der Waals surface area contributed by atoms with Crippen LogP contribution >= 0.6 is 0 Å². The fourth-order valence-electron chi connectivity index (χ4n) is 2.60. The number of hydrogen-bond donors (Lipinski definition) is 1. The van der Waals surface area contributed by atoms with Gasteiger partial charge in [-0.1, -0.05) is 12.1 Å². The summed E-state index contributed by atoms with van der Waals surface area (Å²) in [5, 5.41) is 14.0. The molecule has 1 unspecified atom stereocenters. The fraction of sp³-hybridized carbons (Fsp3) is 0.444. The van der Waals surface area contributed by atoms with Crippen molar-refractivity contribution < 1.29 is 23.9 Å². The molecule has 7 nitrogen and oxygen atoms in total. The van der Waals surface area contributed by atoms with Gasteiger partial charge in [-0.3, -0.25) is 4.79 Å². The molecule has 1 amide bonds. The molecule has 1 N–H and O–H groups in total. The van der Waals surface area contributed by atoms with Crippen molar-refractivity contribution in [2.45, 2.75) is 26.4 Å². The molecule has 1 atom stereocenters. The summed E-state index contributed by atoms with van der Waals surface area (Å²) in [6, 6.07) is 5.22. The molecular weight excluding hydrogens is 324 g/mol. The number of aromatic nitrogens is 1. The molecule has 0 radical (unpaired) electrons. The number of benzene rings is 1. The summed E-state index contributed by atoms with van der Waals surface area (Å²) in [6.07, 6.45) is -0.126. The fourth-order valence-corrected chi connectivity index (χ4v) is 2.60. The minimum atomic E-state index is -0.949. The number of nitrogens with zero attached hydrogens (tertiary/aromatic N) is 2. The highest BCUT2D eigenvalue weighted by Crippen LogP contribution is 2.35. The molecule has 25 heavy (non-hydrogen) atoms. The Morgan fingerprint density at radius 3 is 2.56 bits per heavy atom. The lowest BCUT2D eigenvalue weighted by Gasteiger charge is -2.17. The normalized spacial score (nSPS) is 11.9. The van der Waals surface area contributed by atoms with E-state index in [1.54, 1.807) is 37.3 Å². The van der Waals surface area contributed by atoms with E-state index in [1.165, 1.54) is 14.0 Å². The van der Waals surface area contributed by atoms with Gasteiger partial charge in [-0.05, 0) is 31.5 Å². The van der Waals surface area contributed by atoms with Crippen molar-refractivity contribution in [3.05, 3.63) is 29.5 Å². The monoisotopic (exact) mass is 348 g/mol. The predicted octanol–water partition coefficient (Wildman–Crippen LogP) is 2.89. The smallest absolute Gasteiger partial charge is 0.259 e. The van der Waals surface area contributed by atoms with E-state index in [1.807, 2.05) is 6.92 Å². The highest BCUT2D eigenvalue weighted by molar-refractivity contribution is 6.01. The number of hydrogen-bond acceptors (Lipinski definition) is 6. The average Bonchev–Trinajstić information content (AvgIpc) is 3.05. The Bertz CT molecular complexity index is 739. The van der Waals surface area contributed by atoms with E-state index in [0.29, 0.717) is 29.3 Å². The summed E-state index contributed by atoms with van der Waals surface area (Å²) in [4.78, 5) is 14.4. The van der Waals surface area contributed by atoms with Crippen molar-refractivity contribution in [3.63, 3.8) is 0 Å². The number of ether oxygens (including phenoxy) is 2. The van der Waals surface area contributed by atoms with E-state index in [2.05, 4.69) is 5.16 Å². The van der Waals surface area contributed by atoms with Crippen LogP contribution in [0.4, 0.5) is 0 Å². The Morgan fingerprint density at radius 1 is 1.32 bits per heavy atom. The molecule has 2 rings (SSSR count). The van der Waals surface area contributed by atoms with Gasteiger partial charge in [0.2, 0.25) is 0 Å². The van der Waals surface area contributed by atoms with Crippen molar-refractivity contribution in [2.75, 3.05) is 27.8 Å². The minimum Gasteiger partial charge on any atom is -0.493 e. The first-order valence-corrected chi connectivity index (χ1v) is 8.10. The SMILES string of the molecule is CCCN(C)C(=O)c1c(-c2ccc(OC)c(OC)c2)noc1C(C)O. The topological polar surface area (TPSA) is 85.0 Å². The molecule has 0 bridgehead atoms. The zero-order valence-electron chi connectivity index (χ0n) is 15.2. The van der Waals surface area contributed by atoms with Crippen LogP contribution in [-0.4, -0.2) is 48.9 Å². The van der Waals surface area contributed by atoms with Crippen molar-refractivity contribution in [2.24, 2.45) is 0 Å². The van der Waals surface area contributed by atoms with Crippen LogP contribution in [0.3, 0.4) is 0 Å². The number of amides is 1. The highest BCUT2D eigenvalue weighted by atomic mass is 16.5. The van der Waals surface area contributed by atoms with Crippen LogP contribution in [0.25, 0.3) is 11.3 Å². The first kappa shape index (κ1) is 18.8. The Balaban J connectivity index is 2.57. The van der Waals surface area contributed by atoms with Gasteiger partial charge in [-0.2, -0.15) is 0 Å². The first-order chi connectivity index (χ1) is 11.9. The van der Waals surface area contributed by atoms with Gasteiger partial charge in [0, 0.05) is 19.2 Å². The molecule has 1 aromatic heterocycles. The van der Waals surface area contributed by atoms with Crippen LogP contribution in [0, 0.1) is 0 Å². The summed E-state index contributed by atoms with van der Waals surface area (Å²) in [7, 11) is 4.80. The lowest BCUT2D eigenvalue weighted by Crippen LogP contribution is -2.28. The lowest BCUT2D eigenvalue weighted by atomic mass is 10.0. The summed E-state index contributed by atoms with van der Waals surface area (Å²) >= 11 is 0. The van der Waals surface area contributed by atoms with E-state index in [-0.39, 0.29) is 17.2 Å². The Kier molecular flexibility index (Phi) is 6.03. The van der Waals surface area contributed by atoms with Gasteiger partial charge in [-0.15, -0.1) is 0 Å². The van der Waals surface area contributed by atoms with E-state index in [9.17, 15) is 9.90 Å². The zero-order chi connectivity index (χ0) is 18.6. The average molecular weight is 348 g/mol. The van der Waals surface area contributed by atoms with E-state index >= 15 is 0 Å². The lowest BCUT2D eigenvalue weighted by molar-refractivity contribution is 0.0783. The maximum atomic E-state index is 12.9. The van der Waals surface area contributed by atoms with Gasteiger partial charge in [0.25, 0.3) is 5.91 Å². The molecular formula is C18H24N2O5. The third kappa shape index (κ3) is 3.76. The maximum absolute atomic E-state index is 12.9. The first-order valence-electron chi connectivity index (χ1n) is 8.10. The third-order valence-corrected chi connectivity index (χ3v) is 3.87. The zero-order valence-corrected chi connectivity index (χ0v) is 15.2. The molecule has 0 aliphatic rings. The highest BCUT2D eigenvalue weighted by Gasteiger charge is 2.28. The second-order valence-corrected chi connectivity index (χ2v) is 5.74. The second-order valence-electron chi connectivity index (χ2n) is 5.74. The number of aliphatic hydroxyl groups is 1. The van der Waals surface area contributed by atoms with Gasteiger partial charge < -0.3 is 24.0 Å². The van der Waals surface area contributed by atoms with Gasteiger partial charge in [-0.25, -0.2) is 0 Å². The summed E-state index contributed by atoms with van der Waals surface area (Å²) in [5.74, 6) is 0.991. The summed E-state index contributed by atoms with van der Waals surface area (Å²) in [5.41, 5.74) is 1.27. The van der Waals surface area contributed by atoms with Gasteiger partial charge >= 0.3 is 0 Å². The van der Waals surface area contributed by atoms with Crippen LogP contribution in [0.5, 0.6) is 11.5 Å². The van der Waals surface area contributed by atoms with Crippen molar-refractivity contribution >= 4 is 5.91 Å². The molecule has 0 aliphatic carbocycles. The van der Waals surface area contributed by atoms with Crippen LogP contribution in [0.2, 0.25) is 0 Å². The quantitative estimate of drug-likeness (QED) is 0.828. The van der Waals surface area contributed by atoms with Crippen LogP contribution in [0.15, 0.2) is 22.7 Å². The van der Waals surface area contributed by atoms with Gasteiger partial charge in [0.15, 0.2) is 17.3 Å². The molecule has 2 aromatic rings. The third-order valence-electron chi connectivity index (χ3n) is 3.87. The molecule has 0 spiro atoms. The molecule has 136 valence electrons. The Hall–Kier alpha value is -2.54. The largest absolute Gasteiger partial charge is 0.493 e. The molecule has 1 heterocycles. The van der Waals surface area contributed by atoms with Gasteiger partial charge in [0.05, 0.1) is 14.2 Å². The maximum Gasteiger partial charge on any atom is 0.259 e. The number of carbonyl (C=O) groups excluding carboxylic acids is 1. The second kappa shape index (κ2) is 8.02. The van der Waals surface area contributed by atoms with Crippen LogP contribution < -0.4 is 9.47 Å². The Labute approximate surface area is 147 Å². The number of rotatable bonds is 7. The molecule has 0 aliphatic heterocycles. The number of methoxy groups -OCH3 is 2. The van der Waals surface area contributed by atoms with Crippen molar-refractivity contribution in [1.82, 2.24) is 10.1 Å². The molecule has 0 fully saturated rings. The summed E-state index contributed by atoms with van der Waals surface area (Å²) in [6.45, 7) is 4.12.